The van der Waals surface area contributed by atoms with Crippen LogP contribution in [0.15, 0.2) is 36.5 Å². The fraction of sp³-hybridized carbons (Fsp3) is 0.550. The van der Waals surface area contributed by atoms with Crippen LogP contribution in [0.4, 0.5) is 0 Å². The van der Waals surface area contributed by atoms with Crippen LogP contribution in [0.25, 0.3) is 10.9 Å². The number of pyridine rings is 1. The van der Waals surface area contributed by atoms with E-state index in [1.807, 2.05) is 12.3 Å². The van der Waals surface area contributed by atoms with E-state index in [-0.39, 0.29) is 30.4 Å². The van der Waals surface area contributed by atoms with Crippen molar-refractivity contribution in [2.24, 2.45) is 0 Å². The molecular weight excluding hydrogens is 369 g/mol. The summed E-state index contributed by atoms with van der Waals surface area (Å²) in [5, 5.41) is 4.69. The summed E-state index contributed by atoms with van der Waals surface area (Å²) in [5.41, 5.74) is 2.57. The van der Waals surface area contributed by atoms with E-state index in [1.54, 1.807) is 0 Å². The maximum Gasteiger partial charge on any atom is 0.0746 e. The Kier molecular flexibility index (Phi) is 7.68. The van der Waals surface area contributed by atoms with Gasteiger partial charge in [0.2, 0.25) is 0 Å². The van der Waals surface area contributed by atoms with Crippen LogP contribution < -0.4 is 5.32 Å². The van der Waals surface area contributed by atoms with Gasteiger partial charge in [0.15, 0.2) is 0 Å². The molecule has 4 rings (SSSR count). The molecule has 144 valence electrons. The number of nitrogens with one attached hydrogen (secondary N) is 1. The molecule has 2 fully saturated rings. The van der Waals surface area contributed by atoms with Crippen LogP contribution in [0.2, 0.25) is 0 Å². The second-order valence-electron chi connectivity index (χ2n) is 7.34. The number of hydrogen-bond acceptors (Lipinski definition) is 4. The lowest BCUT2D eigenvalue weighted by Crippen LogP contribution is -2.52. The number of ether oxygens (including phenoxy) is 1. The number of benzene rings is 1. The third-order valence-electron chi connectivity index (χ3n) is 5.74. The summed E-state index contributed by atoms with van der Waals surface area (Å²) in [6.07, 6.45) is 6.47. The summed E-state index contributed by atoms with van der Waals surface area (Å²) in [4.78, 5) is 7.11. The first-order valence-corrected chi connectivity index (χ1v) is 9.13. The van der Waals surface area contributed by atoms with E-state index in [0.29, 0.717) is 6.04 Å². The molecule has 2 saturated heterocycles. The molecule has 0 saturated carbocycles. The second kappa shape index (κ2) is 9.34. The number of piperidine rings is 1. The van der Waals surface area contributed by atoms with Gasteiger partial charge in [-0.1, -0.05) is 24.3 Å². The van der Waals surface area contributed by atoms with Gasteiger partial charge in [0.1, 0.15) is 0 Å². The number of halogens is 2. The molecule has 2 aliphatic rings. The Morgan fingerprint density at radius 3 is 2.77 bits per heavy atom. The lowest BCUT2D eigenvalue weighted by molar-refractivity contribution is -0.119. The molecule has 4 nitrogen and oxygen atoms in total. The van der Waals surface area contributed by atoms with E-state index in [1.165, 1.54) is 10.9 Å². The maximum atomic E-state index is 6.23. The average Bonchev–Trinajstić information content (AvgIpc) is 2.63. The highest BCUT2D eigenvalue weighted by Crippen LogP contribution is 2.35. The molecule has 26 heavy (non-hydrogen) atoms. The Morgan fingerprint density at radius 2 is 1.96 bits per heavy atom. The molecule has 6 heteroatoms. The highest BCUT2D eigenvalue weighted by Gasteiger charge is 2.39. The summed E-state index contributed by atoms with van der Waals surface area (Å²) in [5.74, 6) is 0. The fourth-order valence-electron chi connectivity index (χ4n) is 4.30. The normalized spacial score (nSPS) is 22.0. The molecule has 0 radical (unpaired) electrons. The molecule has 1 N–H and O–H groups in total. The third kappa shape index (κ3) is 4.49. The number of rotatable bonds is 3. The van der Waals surface area contributed by atoms with E-state index >= 15 is 0 Å². The molecule has 0 amide bonds. The van der Waals surface area contributed by atoms with Gasteiger partial charge in [0.25, 0.3) is 0 Å². The van der Waals surface area contributed by atoms with E-state index in [2.05, 4.69) is 46.5 Å². The quantitative estimate of drug-likeness (QED) is 0.853. The lowest BCUT2D eigenvalue weighted by Gasteiger charge is -2.46. The van der Waals surface area contributed by atoms with Crippen LogP contribution in [-0.2, 0) is 11.3 Å². The average molecular weight is 398 g/mol. The Labute approximate surface area is 168 Å². The van der Waals surface area contributed by atoms with Crippen molar-refractivity contribution >= 4 is 35.7 Å². The second-order valence-corrected chi connectivity index (χ2v) is 7.34. The number of aromatic nitrogens is 1. The van der Waals surface area contributed by atoms with Crippen LogP contribution in [0.1, 0.15) is 31.2 Å². The highest BCUT2D eigenvalue weighted by molar-refractivity contribution is 5.85. The molecule has 3 heterocycles. The summed E-state index contributed by atoms with van der Waals surface area (Å²) in [6, 6.07) is 11.2. The minimum absolute atomic E-state index is 0. The first kappa shape index (κ1) is 21.4. The van der Waals surface area contributed by atoms with Crippen molar-refractivity contribution in [2.45, 2.75) is 43.9 Å². The van der Waals surface area contributed by atoms with Crippen LogP contribution in [0.5, 0.6) is 0 Å². The largest absolute Gasteiger partial charge is 0.375 e. The molecule has 1 aromatic heterocycles. The van der Waals surface area contributed by atoms with Crippen LogP contribution in [0.3, 0.4) is 0 Å². The van der Waals surface area contributed by atoms with Gasteiger partial charge in [-0.2, -0.15) is 0 Å². The van der Waals surface area contributed by atoms with Gasteiger partial charge in [-0.05, 0) is 57.5 Å². The monoisotopic (exact) mass is 397 g/mol. The smallest absolute Gasteiger partial charge is 0.0746 e. The van der Waals surface area contributed by atoms with E-state index in [0.717, 1.165) is 57.4 Å². The highest BCUT2D eigenvalue weighted by atomic mass is 35.5. The van der Waals surface area contributed by atoms with E-state index in [9.17, 15) is 0 Å². The van der Waals surface area contributed by atoms with Crippen molar-refractivity contribution in [3.63, 3.8) is 0 Å². The van der Waals surface area contributed by atoms with Gasteiger partial charge in [-0.3, -0.25) is 9.88 Å². The van der Waals surface area contributed by atoms with Crippen LogP contribution in [0, 0.1) is 0 Å². The molecule has 1 atom stereocenters. The molecule has 0 aliphatic carbocycles. The number of hydrogen-bond donors (Lipinski definition) is 1. The molecular formula is C20H29Cl2N3O. The first-order valence-electron chi connectivity index (χ1n) is 9.13. The molecule has 1 unspecified atom stereocenters. The molecule has 0 bridgehead atoms. The van der Waals surface area contributed by atoms with E-state index < -0.39 is 0 Å². The Hall–Kier alpha value is -0.910. The van der Waals surface area contributed by atoms with Crippen LogP contribution in [-0.4, -0.2) is 48.3 Å². The topological polar surface area (TPSA) is 37.4 Å². The van der Waals surface area contributed by atoms with Gasteiger partial charge in [-0.15, -0.1) is 24.8 Å². The zero-order valence-corrected chi connectivity index (χ0v) is 17.0. The third-order valence-corrected chi connectivity index (χ3v) is 5.74. The predicted molar refractivity (Wildman–Crippen MR) is 112 cm³/mol. The van der Waals surface area contributed by atoms with Crippen molar-refractivity contribution in [3.05, 3.63) is 42.1 Å². The van der Waals surface area contributed by atoms with Crippen molar-refractivity contribution in [1.82, 2.24) is 15.2 Å². The summed E-state index contributed by atoms with van der Waals surface area (Å²) >= 11 is 0. The Bertz CT molecular complexity index is 696. The Balaban J connectivity index is 0.00000121. The van der Waals surface area contributed by atoms with Gasteiger partial charge in [0.05, 0.1) is 11.1 Å². The standard InChI is InChI=1S/C20H27N3O.2ClH/c1-23(15-17-5-2-4-16-6-3-10-22-19(16)17)18-7-13-24-20(14-18)8-11-21-12-9-20;;/h2-6,10,18,21H,7-9,11-15H2,1H3;2*1H. The minimum atomic E-state index is 0. The number of nitrogens with zero attached hydrogens (tertiary/aromatic N) is 2. The first-order chi connectivity index (χ1) is 11.8. The number of fused-ring (bicyclic) bond motifs is 1. The SMILES string of the molecule is CN(Cc1cccc2cccnc12)C1CCOC2(CCNCC2)C1.Cl.Cl. The fourth-order valence-corrected chi connectivity index (χ4v) is 4.30. The molecule has 1 aromatic carbocycles. The number of para-hydroxylation sites is 1. The van der Waals surface area contributed by atoms with Gasteiger partial charge in [0, 0.05) is 30.8 Å². The Morgan fingerprint density at radius 1 is 1.19 bits per heavy atom. The van der Waals surface area contributed by atoms with Gasteiger partial charge >= 0.3 is 0 Å². The van der Waals surface area contributed by atoms with Crippen molar-refractivity contribution in [1.29, 1.82) is 0 Å². The zero-order chi connectivity index (χ0) is 16.4. The minimum Gasteiger partial charge on any atom is -0.375 e. The predicted octanol–water partition coefficient (Wildman–Crippen LogP) is 3.81. The zero-order valence-electron chi connectivity index (χ0n) is 15.3. The van der Waals surface area contributed by atoms with Gasteiger partial charge < -0.3 is 10.1 Å². The summed E-state index contributed by atoms with van der Waals surface area (Å²) < 4.78 is 6.23. The molecule has 1 spiro atoms. The molecule has 2 aromatic rings. The van der Waals surface area contributed by atoms with Crippen LogP contribution >= 0.6 is 24.8 Å². The van der Waals surface area contributed by atoms with Crippen molar-refractivity contribution in [3.8, 4) is 0 Å². The summed E-state index contributed by atoms with van der Waals surface area (Å²) in [6.45, 7) is 4.02. The maximum absolute atomic E-state index is 6.23. The van der Waals surface area contributed by atoms with Gasteiger partial charge in [-0.25, -0.2) is 0 Å². The lowest BCUT2D eigenvalue weighted by atomic mass is 9.82. The summed E-state index contributed by atoms with van der Waals surface area (Å²) in [7, 11) is 2.26. The van der Waals surface area contributed by atoms with Crippen molar-refractivity contribution < 1.29 is 4.74 Å². The van der Waals surface area contributed by atoms with E-state index in [4.69, 9.17) is 4.74 Å². The molecule has 2 aliphatic heterocycles. The van der Waals surface area contributed by atoms with Crippen molar-refractivity contribution in [2.75, 3.05) is 26.7 Å².